The Morgan fingerprint density at radius 3 is 2.48 bits per heavy atom. The third-order valence-corrected chi connectivity index (χ3v) is 6.14. The Hall–Kier alpha value is -0.680. The molecule has 2 N–H and O–H groups in total. The van der Waals surface area contributed by atoms with E-state index in [4.69, 9.17) is 10.5 Å². The van der Waals surface area contributed by atoms with Crippen molar-refractivity contribution in [3.8, 4) is 0 Å². The Morgan fingerprint density at radius 1 is 1.14 bits per heavy atom. The van der Waals surface area contributed by atoms with Crippen molar-refractivity contribution >= 4 is 27.3 Å². The Kier molecular flexibility index (Phi) is 4.79. The molecule has 2 heterocycles. The second kappa shape index (κ2) is 6.61. The van der Waals surface area contributed by atoms with E-state index in [1.54, 1.807) is 11.3 Å². The molecular weight excluding hydrogens is 346 g/mol. The summed E-state index contributed by atoms with van der Waals surface area (Å²) < 4.78 is 6.76. The molecule has 2 nitrogen and oxygen atoms in total. The first-order valence-electron chi connectivity index (χ1n) is 7.34. The summed E-state index contributed by atoms with van der Waals surface area (Å²) in [5, 5.41) is 0. The smallest absolute Gasteiger partial charge is 0.0701 e. The number of hydrogen-bond acceptors (Lipinski definition) is 3. The standard InChI is InChI=1S/C17H20BrNOS/c18-16-7-6-14(21-16)12-15(19)17(8-10-20-11-9-17)13-4-2-1-3-5-13/h1-7,15H,8-12,19H2. The van der Waals surface area contributed by atoms with Gasteiger partial charge in [0.05, 0.1) is 3.79 Å². The predicted molar refractivity (Wildman–Crippen MR) is 91.9 cm³/mol. The van der Waals surface area contributed by atoms with Crippen molar-refractivity contribution in [2.45, 2.75) is 30.7 Å². The van der Waals surface area contributed by atoms with Crippen LogP contribution in [0.2, 0.25) is 0 Å². The Morgan fingerprint density at radius 2 is 1.86 bits per heavy atom. The van der Waals surface area contributed by atoms with Gasteiger partial charge in [0.15, 0.2) is 0 Å². The fourth-order valence-electron chi connectivity index (χ4n) is 3.25. The number of hydrogen-bond donors (Lipinski definition) is 1. The first kappa shape index (κ1) is 15.2. The van der Waals surface area contributed by atoms with Crippen LogP contribution in [0.15, 0.2) is 46.3 Å². The fraction of sp³-hybridized carbons (Fsp3) is 0.412. The summed E-state index contributed by atoms with van der Waals surface area (Å²) in [5.74, 6) is 0. The van der Waals surface area contributed by atoms with Gasteiger partial charge in [-0.3, -0.25) is 0 Å². The third kappa shape index (κ3) is 3.24. The van der Waals surface area contributed by atoms with Gasteiger partial charge in [0.25, 0.3) is 0 Å². The molecule has 0 bridgehead atoms. The molecule has 0 amide bonds. The lowest BCUT2D eigenvalue weighted by molar-refractivity contribution is 0.0401. The fourth-order valence-corrected chi connectivity index (χ4v) is 4.79. The molecule has 0 radical (unpaired) electrons. The molecule has 4 heteroatoms. The third-order valence-electron chi connectivity index (χ3n) is 4.49. The highest BCUT2D eigenvalue weighted by Crippen LogP contribution is 2.39. The summed E-state index contributed by atoms with van der Waals surface area (Å²) >= 11 is 5.31. The minimum absolute atomic E-state index is 0.0377. The summed E-state index contributed by atoms with van der Waals surface area (Å²) in [7, 11) is 0. The normalized spacial score (nSPS) is 19.3. The Bertz CT molecular complexity index is 577. The highest BCUT2D eigenvalue weighted by Gasteiger charge is 2.40. The number of nitrogens with two attached hydrogens (primary N) is 1. The van der Waals surface area contributed by atoms with E-state index in [-0.39, 0.29) is 11.5 Å². The Balaban J connectivity index is 1.88. The van der Waals surface area contributed by atoms with Gasteiger partial charge in [0.1, 0.15) is 0 Å². The highest BCUT2D eigenvalue weighted by atomic mass is 79.9. The van der Waals surface area contributed by atoms with Crippen LogP contribution in [0.3, 0.4) is 0 Å². The molecular formula is C17H20BrNOS. The lowest BCUT2D eigenvalue weighted by Gasteiger charge is -2.42. The van der Waals surface area contributed by atoms with E-state index in [2.05, 4.69) is 58.4 Å². The van der Waals surface area contributed by atoms with Crippen LogP contribution in [-0.2, 0) is 16.6 Å². The molecule has 1 aliphatic heterocycles. The molecule has 0 saturated carbocycles. The summed E-state index contributed by atoms with van der Waals surface area (Å²) in [6.45, 7) is 1.60. The maximum absolute atomic E-state index is 6.69. The van der Waals surface area contributed by atoms with E-state index in [0.717, 1.165) is 32.5 Å². The number of thiophene rings is 1. The van der Waals surface area contributed by atoms with Gasteiger partial charge in [-0.25, -0.2) is 0 Å². The molecule has 1 aromatic heterocycles. The molecule has 21 heavy (non-hydrogen) atoms. The number of rotatable bonds is 4. The molecule has 0 spiro atoms. The van der Waals surface area contributed by atoms with Gasteiger partial charge in [-0.2, -0.15) is 0 Å². The van der Waals surface area contributed by atoms with Gasteiger partial charge in [0, 0.05) is 29.5 Å². The van der Waals surface area contributed by atoms with Crippen LogP contribution < -0.4 is 5.73 Å². The lowest BCUT2D eigenvalue weighted by Crippen LogP contribution is -2.50. The van der Waals surface area contributed by atoms with Crippen molar-refractivity contribution in [1.29, 1.82) is 0 Å². The molecule has 1 fully saturated rings. The number of benzene rings is 1. The first-order valence-corrected chi connectivity index (χ1v) is 8.95. The van der Waals surface area contributed by atoms with Crippen molar-refractivity contribution in [3.63, 3.8) is 0 Å². The largest absolute Gasteiger partial charge is 0.381 e. The van der Waals surface area contributed by atoms with Gasteiger partial charge in [-0.05, 0) is 52.9 Å². The van der Waals surface area contributed by atoms with E-state index in [9.17, 15) is 0 Å². The van der Waals surface area contributed by atoms with Crippen molar-refractivity contribution in [3.05, 3.63) is 56.7 Å². The lowest BCUT2D eigenvalue weighted by atomic mass is 9.68. The van der Waals surface area contributed by atoms with E-state index < -0.39 is 0 Å². The first-order chi connectivity index (χ1) is 10.2. The highest BCUT2D eigenvalue weighted by molar-refractivity contribution is 9.11. The van der Waals surface area contributed by atoms with Crippen molar-refractivity contribution in [1.82, 2.24) is 0 Å². The van der Waals surface area contributed by atoms with Crippen LogP contribution >= 0.6 is 27.3 Å². The van der Waals surface area contributed by atoms with Crippen LogP contribution in [0.4, 0.5) is 0 Å². The summed E-state index contributed by atoms with van der Waals surface area (Å²) in [4.78, 5) is 1.34. The molecule has 0 aliphatic carbocycles. The van der Waals surface area contributed by atoms with E-state index in [1.807, 2.05) is 0 Å². The zero-order valence-electron chi connectivity index (χ0n) is 11.9. The van der Waals surface area contributed by atoms with E-state index >= 15 is 0 Å². The monoisotopic (exact) mass is 365 g/mol. The van der Waals surface area contributed by atoms with Crippen LogP contribution in [0.25, 0.3) is 0 Å². The van der Waals surface area contributed by atoms with Gasteiger partial charge < -0.3 is 10.5 Å². The predicted octanol–water partition coefficient (Wildman–Crippen LogP) is 4.13. The van der Waals surface area contributed by atoms with Crippen LogP contribution in [0.1, 0.15) is 23.3 Å². The van der Waals surface area contributed by atoms with Gasteiger partial charge >= 0.3 is 0 Å². The molecule has 1 unspecified atom stereocenters. The van der Waals surface area contributed by atoms with Gasteiger partial charge in [-0.1, -0.05) is 30.3 Å². The number of ether oxygens (including phenoxy) is 1. The summed E-state index contributed by atoms with van der Waals surface area (Å²) in [6, 6.07) is 15.1. The average molecular weight is 366 g/mol. The maximum Gasteiger partial charge on any atom is 0.0701 e. The zero-order chi connectivity index (χ0) is 14.7. The second-order valence-electron chi connectivity index (χ2n) is 5.65. The molecule has 2 aromatic rings. The van der Waals surface area contributed by atoms with E-state index in [0.29, 0.717) is 0 Å². The summed E-state index contributed by atoms with van der Waals surface area (Å²) in [6.07, 6.45) is 2.93. The van der Waals surface area contributed by atoms with E-state index in [1.165, 1.54) is 14.2 Å². The van der Waals surface area contributed by atoms with Crippen molar-refractivity contribution in [2.75, 3.05) is 13.2 Å². The van der Waals surface area contributed by atoms with Gasteiger partial charge in [0.2, 0.25) is 0 Å². The zero-order valence-corrected chi connectivity index (χ0v) is 14.3. The Labute approximate surface area is 138 Å². The molecule has 1 saturated heterocycles. The van der Waals surface area contributed by atoms with Crippen molar-refractivity contribution < 1.29 is 4.74 Å². The number of halogens is 1. The summed E-state index contributed by atoms with van der Waals surface area (Å²) in [5.41, 5.74) is 8.09. The maximum atomic E-state index is 6.69. The topological polar surface area (TPSA) is 35.2 Å². The average Bonchev–Trinajstić information content (AvgIpc) is 2.94. The molecule has 1 aliphatic rings. The molecule has 3 rings (SSSR count). The van der Waals surface area contributed by atoms with Crippen LogP contribution in [-0.4, -0.2) is 19.3 Å². The second-order valence-corrected chi connectivity index (χ2v) is 8.20. The SMILES string of the molecule is NC(Cc1ccc(Br)s1)C1(c2ccccc2)CCOCC1. The minimum atomic E-state index is 0.0377. The minimum Gasteiger partial charge on any atom is -0.381 e. The molecule has 1 aromatic carbocycles. The molecule has 1 atom stereocenters. The van der Waals surface area contributed by atoms with Gasteiger partial charge in [-0.15, -0.1) is 11.3 Å². The molecule has 112 valence electrons. The van der Waals surface area contributed by atoms with Crippen LogP contribution in [0, 0.1) is 0 Å². The van der Waals surface area contributed by atoms with Crippen molar-refractivity contribution in [2.24, 2.45) is 5.73 Å². The van der Waals surface area contributed by atoms with Crippen LogP contribution in [0.5, 0.6) is 0 Å². The quantitative estimate of drug-likeness (QED) is 0.883.